The second-order valence-electron chi connectivity index (χ2n) is 4.67. The summed E-state index contributed by atoms with van der Waals surface area (Å²) in [6, 6.07) is 14.2. The van der Waals surface area contributed by atoms with Crippen molar-refractivity contribution in [1.82, 2.24) is 5.43 Å². The lowest BCUT2D eigenvalue weighted by Crippen LogP contribution is -2.23. The van der Waals surface area contributed by atoms with Gasteiger partial charge in [0.15, 0.2) is 5.11 Å². The minimum atomic E-state index is -0.383. The van der Waals surface area contributed by atoms with Gasteiger partial charge >= 0.3 is 5.97 Å². The third kappa shape index (κ3) is 5.06. The van der Waals surface area contributed by atoms with Crippen LogP contribution in [0.3, 0.4) is 0 Å². The first-order valence-corrected chi connectivity index (χ1v) is 7.45. The number of benzene rings is 2. The van der Waals surface area contributed by atoms with Crippen LogP contribution in [-0.2, 0) is 4.74 Å². The number of carbonyl (C=O) groups is 1. The van der Waals surface area contributed by atoms with Gasteiger partial charge in [-0.25, -0.2) is 4.79 Å². The number of hydrogen-bond donors (Lipinski definition) is 2. The van der Waals surface area contributed by atoms with Gasteiger partial charge < -0.3 is 14.8 Å². The Morgan fingerprint density at radius 3 is 2.33 bits per heavy atom. The third-order valence-electron chi connectivity index (χ3n) is 3.06. The van der Waals surface area contributed by atoms with Crippen molar-refractivity contribution < 1.29 is 14.3 Å². The number of hydrazone groups is 1. The van der Waals surface area contributed by atoms with Crippen molar-refractivity contribution in [3.63, 3.8) is 0 Å². The molecule has 2 aromatic rings. The number of nitrogens with zero attached hydrogens (tertiary/aromatic N) is 1. The fourth-order valence-corrected chi connectivity index (χ4v) is 1.99. The highest BCUT2D eigenvalue weighted by molar-refractivity contribution is 7.80. The Hall–Kier alpha value is -2.93. The normalized spacial score (nSPS) is 10.2. The van der Waals surface area contributed by atoms with E-state index in [1.165, 1.54) is 7.11 Å². The van der Waals surface area contributed by atoms with Crippen molar-refractivity contribution in [2.24, 2.45) is 5.10 Å². The molecule has 7 heteroatoms. The van der Waals surface area contributed by atoms with Crippen LogP contribution in [0.2, 0.25) is 0 Å². The molecule has 24 heavy (non-hydrogen) atoms. The lowest BCUT2D eigenvalue weighted by molar-refractivity contribution is 0.0601. The summed E-state index contributed by atoms with van der Waals surface area (Å²) < 4.78 is 9.73. The number of rotatable bonds is 5. The first kappa shape index (κ1) is 17.4. The molecule has 0 spiro atoms. The molecule has 2 N–H and O–H groups in total. The average Bonchev–Trinajstić information content (AvgIpc) is 2.62. The molecule has 0 radical (unpaired) electrons. The summed E-state index contributed by atoms with van der Waals surface area (Å²) in [4.78, 5) is 11.4. The summed E-state index contributed by atoms with van der Waals surface area (Å²) in [6.45, 7) is 0. The molecule has 6 nitrogen and oxygen atoms in total. The molecule has 0 atom stereocenters. The number of anilines is 1. The van der Waals surface area contributed by atoms with E-state index in [1.807, 2.05) is 24.3 Å². The van der Waals surface area contributed by atoms with Gasteiger partial charge in [0.05, 0.1) is 26.0 Å². The largest absolute Gasteiger partial charge is 0.497 e. The Morgan fingerprint density at radius 2 is 1.75 bits per heavy atom. The lowest BCUT2D eigenvalue weighted by atomic mass is 10.2. The van der Waals surface area contributed by atoms with Gasteiger partial charge in [0.2, 0.25) is 0 Å². The van der Waals surface area contributed by atoms with E-state index < -0.39 is 0 Å². The van der Waals surface area contributed by atoms with Gasteiger partial charge in [-0.1, -0.05) is 0 Å². The molecule has 0 aliphatic carbocycles. The van der Waals surface area contributed by atoms with E-state index in [-0.39, 0.29) is 5.97 Å². The second-order valence-corrected chi connectivity index (χ2v) is 5.07. The molecule has 0 heterocycles. The summed E-state index contributed by atoms with van der Waals surface area (Å²) in [5.41, 5.74) is 4.84. The molecule has 0 fully saturated rings. The maximum atomic E-state index is 11.4. The summed E-state index contributed by atoms with van der Waals surface area (Å²) in [6.07, 6.45) is 1.65. The van der Waals surface area contributed by atoms with E-state index in [4.69, 9.17) is 17.0 Å². The number of ether oxygens (including phenoxy) is 2. The summed E-state index contributed by atoms with van der Waals surface area (Å²) in [5, 5.41) is 7.36. The summed E-state index contributed by atoms with van der Waals surface area (Å²) in [7, 11) is 2.96. The van der Waals surface area contributed by atoms with Crippen LogP contribution in [-0.4, -0.2) is 31.5 Å². The second kappa shape index (κ2) is 8.64. The minimum Gasteiger partial charge on any atom is -0.497 e. The van der Waals surface area contributed by atoms with Crippen LogP contribution in [0.4, 0.5) is 5.69 Å². The number of thiocarbonyl (C=S) groups is 1. The van der Waals surface area contributed by atoms with Crippen molar-refractivity contribution in [2.75, 3.05) is 19.5 Å². The maximum Gasteiger partial charge on any atom is 0.337 e. The summed E-state index contributed by atoms with van der Waals surface area (Å²) >= 11 is 5.15. The number of carbonyl (C=O) groups excluding carboxylic acids is 1. The first-order valence-electron chi connectivity index (χ1n) is 7.05. The van der Waals surface area contributed by atoms with E-state index in [9.17, 15) is 4.79 Å². The van der Waals surface area contributed by atoms with E-state index in [0.717, 1.165) is 17.0 Å². The van der Waals surface area contributed by atoms with Crippen LogP contribution in [0.25, 0.3) is 0 Å². The lowest BCUT2D eigenvalue weighted by Gasteiger charge is -2.07. The average molecular weight is 343 g/mol. The zero-order valence-electron chi connectivity index (χ0n) is 13.3. The van der Waals surface area contributed by atoms with E-state index in [2.05, 4.69) is 20.6 Å². The molecule has 0 saturated carbocycles. The van der Waals surface area contributed by atoms with E-state index >= 15 is 0 Å². The number of methoxy groups -OCH3 is 2. The quantitative estimate of drug-likeness (QED) is 0.376. The zero-order valence-corrected chi connectivity index (χ0v) is 14.1. The highest BCUT2D eigenvalue weighted by Crippen LogP contribution is 2.11. The topological polar surface area (TPSA) is 72.0 Å². The fraction of sp³-hybridized carbons (Fsp3) is 0.118. The standard InChI is InChI=1S/C17H17N3O3S/c1-22-15-9-3-12(4-10-15)11-18-20-17(24)19-14-7-5-13(6-8-14)16(21)23-2/h3-11H,1-2H3,(H2,19,20,24)/b18-11+. The van der Waals surface area contributed by atoms with Crippen molar-refractivity contribution in [3.05, 3.63) is 59.7 Å². The molecule has 0 amide bonds. The Kier molecular flexibility index (Phi) is 6.27. The molecular formula is C17H17N3O3S. The molecule has 0 unspecified atom stereocenters. The molecule has 2 rings (SSSR count). The summed E-state index contributed by atoms with van der Waals surface area (Å²) in [5.74, 6) is 0.402. The van der Waals surface area contributed by atoms with Crippen LogP contribution in [0.5, 0.6) is 5.75 Å². The van der Waals surface area contributed by atoms with Crippen LogP contribution in [0.15, 0.2) is 53.6 Å². The SMILES string of the molecule is COC(=O)c1ccc(NC(=S)N/N=C/c2ccc(OC)cc2)cc1. The molecule has 0 aliphatic heterocycles. The van der Waals surface area contributed by atoms with Gasteiger partial charge in [-0.2, -0.15) is 5.10 Å². The molecule has 0 bridgehead atoms. The van der Waals surface area contributed by atoms with Gasteiger partial charge in [0.1, 0.15) is 5.75 Å². The number of nitrogens with one attached hydrogen (secondary N) is 2. The predicted octanol–water partition coefficient (Wildman–Crippen LogP) is 2.80. The van der Waals surface area contributed by atoms with Crippen LogP contribution in [0.1, 0.15) is 15.9 Å². The monoisotopic (exact) mass is 343 g/mol. The van der Waals surface area contributed by atoms with Crippen molar-refractivity contribution in [2.45, 2.75) is 0 Å². The van der Waals surface area contributed by atoms with Crippen LogP contribution < -0.4 is 15.5 Å². The van der Waals surface area contributed by atoms with Crippen LogP contribution >= 0.6 is 12.2 Å². The highest BCUT2D eigenvalue weighted by Gasteiger charge is 2.04. The maximum absolute atomic E-state index is 11.4. The Bertz CT molecular complexity index is 728. The van der Waals surface area contributed by atoms with Gasteiger partial charge in [0.25, 0.3) is 0 Å². The Morgan fingerprint density at radius 1 is 1.08 bits per heavy atom. The third-order valence-corrected chi connectivity index (χ3v) is 3.25. The van der Waals surface area contributed by atoms with Crippen molar-refractivity contribution in [3.8, 4) is 5.75 Å². The Balaban J connectivity index is 1.86. The smallest absolute Gasteiger partial charge is 0.337 e. The zero-order chi connectivity index (χ0) is 17.4. The molecule has 124 valence electrons. The number of hydrogen-bond acceptors (Lipinski definition) is 5. The molecular weight excluding hydrogens is 326 g/mol. The first-order chi connectivity index (χ1) is 11.6. The van der Waals surface area contributed by atoms with Gasteiger partial charge in [-0.05, 0) is 66.3 Å². The Labute approximate surface area is 145 Å². The van der Waals surface area contributed by atoms with Crippen molar-refractivity contribution >= 4 is 35.2 Å². The van der Waals surface area contributed by atoms with E-state index in [1.54, 1.807) is 37.6 Å². The molecule has 0 aromatic heterocycles. The fourth-order valence-electron chi connectivity index (χ4n) is 1.82. The van der Waals surface area contributed by atoms with Crippen molar-refractivity contribution in [1.29, 1.82) is 0 Å². The number of esters is 1. The molecule has 2 aromatic carbocycles. The highest BCUT2D eigenvalue weighted by atomic mass is 32.1. The van der Waals surface area contributed by atoms with Gasteiger partial charge in [0, 0.05) is 5.69 Å². The van der Waals surface area contributed by atoms with Gasteiger partial charge in [-0.3, -0.25) is 5.43 Å². The van der Waals surface area contributed by atoms with Crippen LogP contribution in [0, 0.1) is 0 Å². The predicted molar refractivity (Wildman–Crippen MR) is 97.7 cm³/mol. The minimum absolute atomic E-state index is 0.338. The molecule has 0 aliphatic rings. The van der Waals surface area contributed by atoms with E-state index in [0.29, 0.717) is 10.7 Å². The molecule has 0 saturated heterocycles. The van der Waals surface area contributed by atoms with Gasteiger partial charge in [-0.15, -0.1) is 0 Å².